The normalized spacial score (nSPS) is 19.5. The molecule has 0 aliphatic heterocycles. The minimum absolute atomic E-state index is 0.188. The number of hydrogen-bond donors (Lipinski definition) is 0. The Balaban J connectivity index is 5.28. The van der Waals surface area contributed by atoms with Crippen LogP contribution < -0.4 is 0 Å². The first-order valence-electron chi connectivity index (χ1n) is 8.46. The maximum absolute atomic E-state index is 5.95. The highest BCUT2D eigenvalue weighted by atomic mass is 16.5. The Morgan fingerprint density at radius 2 is 1.40 bits per heavy atom. The molecule has 1 nitrogen and oxygen atoms in total. The molecule has 3 unspecified atom stereocenters. The molecule has 1 heteroatoms. The molecule has 0 aliphatic carbocycles. The molecule has 0 bridgehead atoms. The summed E-state index contributed by atoms with van der Waals surface area (Å²) in [6.07, 6.45) is 5.21. The van der Waals surface area contributed by atoms with Gasteiger partial charge in [0, 0.05) is 7.11 Å². The first-order chi connectivity index (χ1) is 8.93. The first-order valence-corrected chi connectivity index (χ1v) is 8.46. The Hall–Kier alpha value is -0.0400. The molecule has 0 aliphatic rings. The predicted octanol–water partition coefficient (Wildman–Crippen LogP) is 6.32. The summed E-state index contributed by atoms with van der Waals surface area (Å²) in [6.45, 7) is 21.3. The topological polar surface area (TPSA) is 9.23 Å². The summed E-state index contributed by atoms with van der Waals surface area (Å²) in [6, 6.07) is 0. The van der Waals surface area contributed by atoms with Crippen molar-refractivity contribution in [2.75, 3.05) is 7.11 Å². The summed E-state index contributed by atoms with van der Waals surface area (Å²) in [5, 5.41) is 0. The van der Waals surface area contributed by atoms with Crippen molar-refractivity contribution in [3.8, 4) is 0 Å². The number of ether oxygens (including phenoxy) is 1. The fraction of sp³-hybridized carbons (Fsp3) is 1.00. The lowest BCUT2D eigenvalue weighted by molar-refractivity contribution is -0.0940. The van der Waals surface area contributed by atoms with E-state index in [0.29, 0.717) is 16.9 Å². The van der Waals surface area contributed by atoms with E-state index in [4.69, 9.17) is 4.74 Å². The monoisotopic (exact) mass is 284 g/mol. The molecule has 0 aromatic rings. The molecule has 0 saturated heterocycles. The Kier molecular flexibility index (Phi) is 7.28. The van der Waals surface area contributed by atoms with E-state index in [-0.39, 0.29) is 5.41 Å². The molecule has 122 valence electrons. The van der Waals surface area contributed by atoms with Crippen LogP contribution >= 0.6 is 0 Å². The fourth-order valence-electron chi connectivity index (χ4n) is 3.35. The molecular formula is C19H40O. The molecule has 0 amide bonds. The van der Waals surface area contributed by atoms with Crippen LogP contribution in [0.5, 0.6) is 0 Å². The second-order valence-electron chi connectivity index (χ2n) is 8.84. The molecule has 0 saturated carbocycles. The average Bonchev–Trinajstić information content (AvgIpc) is 2.33. The second kappa shape index (κ2) is 7.29. The van der Waals surface area contributed by atoms with Gasteiger partial charge in [0.2, 0.25) is 0 Å². The van der Waals surface area contributed by atoms with Crippen LogP contribution in [-0.2, 0) is 4.74 Å². The third-order valence-electron chi connectivity index (χ3n) is 5.72. The summed E-state index contributed by atoms with van der Waals surface area (Å²) >= 11 is 0. The standard InChI is InChI=1S/C19H40O/c1-11-15(3)13-19(9,12-2)18(7,8)16(20-10)14-17(4,5)6/h15-16H,11-14H2,1-10H3. The summed E-state index contributed by atoms with van der Waals surface area (Å²) in [5.41, 5.74) is 0.824. The lowest BCUT2D eigenvalue weighted by atomic mass is 9.57. The number of methoxy groups -OCH3 is 1. The van der Waals surface area contributed by atoms with Crippen LogP contribution in [0.1, 0.15) is 88.0 Å². The van der Waals surface area contributed by atoms with E-state index in [1.165, 1.54) is 19.3 Å². The largest absolute Gasteiger partial charge is 0.381 e. The Morgan fingerprint density at radius 1 is 0.900 bits per heavy atom. The molecule has 0 radical (unpaired) electrons. The Labute approximate surface area is 128 Å². The smallest absolute Gasteiger partial charge is 0.0632 e. The molecule has 0 N–H and O–H groups in total. The van der Waals surface area contributed by atoms with Crippen LogP contribution in [0.25, 0.3) is 0 Å². The van der Waals surface area contributed by atoms with Crippen molar-refractivity contribution in [2.45, 2.75) is 94.1 Å². The lowest BCUT2D eigenvalue weighted by Gasteiger charge is -2.50. The maximum atomic E-state index is 5.95. The zero-order chi connectivity index (χ0) is 16.2. The lowest BCUT2D eigenvalue weighted by Crippen LogP contribution is -2.47. The maximum Gasteiger partial charge on any atom is 0.0632 e. The van der Waals surface area contributed by atoms with Crippen molar-refractivity contribution >= 4 is 0 Å². The van der Waals surface area contributed by atoms with Gasteiger partial charge < -0.3 is 4.74 Å². The molecule has 0 heterocycles. The van der Waals surface area contributed by atoms with Gasteiger partial charge in [0.25, 0.3) is 0 Å². The first kappa shape index (κ1) is 20.0. The van der Waals surface area contributed by atoms with Crippen LogP contribution in [0.3, 0.4) is 0 Å². The van der Waals surface area contributed by atoms with Gasteiger partial charge >= 0.3 is 0 Å². The van der Waals surface area contributed by atoms with E-state index in [1.807, 2.05) is 7.11 Å². The van der Waals surface area contributed by atoms with Gasteiger partial charge in [0.15, 0.2) is 0 Å². The van der Waals surface area contributed by atoms with Crippen LogP contribution in [0, 0.1) is 22.2 Å². The highest BCUT2D eigenvalue weighted by Crippen LogP contribution is 2.51. The summed E-state index contributed by atoms with van der Waals surface area (Å²) in [4.78, 5) is 0. The third kappa shape index (κ3) is 5.06. The molecule has 0 rings (SSSR count). The van der Waals surface area contributed by atoms with Crippen molar-refractivity contribution in [3.05, 3.63) is 0 Å². The van der Waals surface area contributed by atoms with Gasteiger partial charge in [-0.05, 0) is 35.0 Å². The van der Waals surface area contributed by atoms with Crippen LogP contribution in [0.2, 0.25) is 0 Å². The van der Waals surface area contributed by atoms with Crippen molar-refractivity contribution in [2.24, 2.45) is 22.2 Å². The van der Waals surface area contributed by atoms with Crippen molar-refractivity contribution in [1.29, 1.82) is 0 Å². The second-order valence-corrected chi connectivity index (χ2v) is 8.84. The van der Waals surface area contributed by atoms with Crippen LogP contribution in [0.4, 0.5) is 0 Å². The van der Waals surface area contributed by atoms with Crippen molar-refractivity contribution in [3.63, 3.8) is 0 Å². The van der Waals surface area contributed by atoms with E-state index in [0.717, 1.165) is 12.3 Å². The zero-order valence-electron chi connectivity index (χ0n) is 15.9. The van der Waals surface area contributed by atoms with Gasteiger partial charge in [-0.2, -0.15) is 0 Å². The Morgan fingerprint density at radius 3 is 1.70 bits per heavy atom. The number of hydrogen-bond acceptors (Lipinski definition) is 1. The molecule has 0 aromatic carbocycles. The fourth-order valence-corrected chi connectivity index (χ4v) is 3.35. The molecule has 3 atom stereocenters. The third-order valence-corrected chi connectivity index (χ3v) is 5.72. The van der Waals surface area contributed by atoms with Gasteiger partial charge in [-0.25, -0.2) is 0 Å². The summed E-state index contributed by atoms with van der Waals surface area (Å²) in [7, 11) is 1.89. The molecule has 0 aromatic heterocycles. The summed E-state index contributed by atoms with van der Waals surface area (Å²) in [5.74, 6) is 0.784. The minimum atomic E-state index is 0.188. The highest BCUT2D eigenvalue weighted by Gasteiger charge is 2.46. The van der Waals surface area contributed by atoms with Crippen LogP contribution in [0.15, 0.2) is 0 Å². The van der Waals surface area contributed by atoms with Gasteiger partial charge in [0.1, 0.15) is 0 Å². The SMILES string of the molecule is CCC(C)CC(C)(CC)C(C)(C)C(CC(C)(C)C)OC. The van der Waals surface area contributed by atoms with E-state index < -0.39 is 0 Å². The van der Waals surface area contributed by atoms with Crippen molar-refractivity contribution in [1.82, 2.24) is 0 Å². The quantitative estimate of drug-likeness (QED) is 0.507. The zero-order valence-corrected chi connectivity index (χ0v) is 15.9. The van der Waals surface area contributed by atoms with E-state index in [2.05, 4.69) is 62.3 Å². The van der Waals surface area contributed by atoms with Crippen molar-refractivity contribution < 1.29 is 4.74 Å². The van der Waals surface area contributed by atoms with E-state index >= 15 is 0 Å². The summed E-state index contributed by atoms with van der Waals surface area (Å²) < 4.78 is 5.95. The minimum Gasteiger partial charge on any atom is -0.381 e. The molecular weight excluding hydrogens is 244 g/mol. The molecule has 20 heavy (non-hydrogen) atoms. The van der Waals surface area contributed by atoms with Gasteiger partial charge in [-0.3, -0.25) is 0 Å². The predicted molar refractivity (Wildman–Crippen MR) is 91.1 cm³/mol. The van der Waals surface area contributed by atoms with Crippen LogP contribution in [-0.4, -0.2) is 13.2 Å². The average molecular weight is 285 g/mol. The Bertz CT molecular complexity index is 274. The molecule has 0 fully saturated rings. The van der Waals surface area contributed by atoms with E-state index in [1.54, 1.807) is 0 Å². The van der Waals surface area contributed by atoms with Gasteiger partial charge in [-0.1, -0.05) is 75.2 Å². The highest BCUT2D eigenvalue weighted by molar-refractivity contribution is 4.96. The van der Waals surface area contributed by atoms with E-state index in [9.17, 15) is 0 Å². The number of rotatable bonds is 8. The molecule has 0 spiro atoms. The van der Waals surface area contributed by atoms with Gasteiger partial charge in [-0.15, -0.1) is 0 Å². The van der Waals surface area contributed by atoms with Gasteiger partial charge in [0.05, 0.1) is 6.10 Å².